The fraction of sp³-hybridized carbons (Fsp3) is 1.00. The van der Waals surface area contributed by atoms with Gasteiger partial charge in [-0.3, -0.25) is 5.26 Å². The molecule has 3 heteroatoms. The molecule has 1 unspecified atom stereocenters. The van der Waals surface area contributed by atoms with Crippen LogP contribution in [0.4, 0.5) is 0 Å². The SMILES string of the molecule is CCC([O])CCCCOO. The van der Waals surface area contributed by atoms with Crippen LogP contribution >= 0.6 is 0 Å². The normalized spacial score (nSPS) is 13.5. The van der Waals surface area contributed by atoms with Crippen LogP contribution in [0.1, 0.15) is 32.6 Å². The molecule has 0 fully saturated rings. The molecule has 10 heavy (non-hydrogen) atoms. The summed E-state index contributed by atoms with van der Waals surface area (Å²) in [5, 5.41) is 18.7. The van der Waals surface area contributed by atoms with Gasteiger partial charge in [0, 0.05) is 0 Å². The second-order valence-electron chi connectivity index (χ2n) is 2.36. The Bertz CT molecular complexity index is 65.9. The average Bonchev–Trinajstić information content (AvgIpc) is 1.98. The van der Waals surface area contributed by atoms with Gasteiger partial charge in [-0.1, -0.05) is 6.92 Å². The van der Waals surface area contributed by atoms with Crippen LogP contribution in [0.2, 0.25) is 0 Å². The summed E-state index contributed by atoms with van der Waals surface area (Å²) in [4.78, 5) is 3.86. The van der Waals surface area contributed by atoms with E-state index in [1.54, 1.807) is 0 Å². The predicted molar refractivity (Wildman–Crippen MR) is 37.2 cm³/mol. The highest BCUT2D eigenvalue weighted by Crippen LogP contribution is 2.03. The molecule has 0 aliphatic carbocycles. The molecule has 0 amide bonds. The van der Waals surface area contributed by atoms with Crippen molar-refractivity contribution >= 4 is 0 Å². The Morgan fingerprint density at radius 3 is 2.70 bits per heavy atom. The first kappa shape index (κ1) is 9.88. The molecule has 0 heterocycles. The molecular formula is C7H15O3. The van der Waals surface area contributed by atoms with Gasteiger partial charge in [0.2, 0.25) is 0 Å². The Balaban J connectivity index is 2.89. The zero-order valence-electron chi connectivity index (χ0n) is 6.38. The van der Waals surface area contributed by atoms with Crippen molar-refractivity contribution in [3.05, 3.63) is 0 Å². The van der Waals surface area contributed by atoms with E-state index in [1.165, 1.54) is 0 Å². The van der Waals surface area contributed by atoms with E-state index in [0.29, 0.717) is 19.4 Å². The Morgan fingerprint density at radius 2 is 2.20 bits per heavy atom. The highest BCUT2D eigenvalue weighted by Gasteiger charge is 2.00. The van der Waals surface area contributed by atoms with Gasteiger partial charge in [-0.25, -0.2) is 9.99 Å². The van der Waals surface area contributed by atoms with E-state index in [9.17, 15) is 5.11 Å². The minimum Gasteiger partial charge on any atom is -0.252 e. The fourth-order valence-electron chi connectivity index (χ4n) is 0.743. The van der Waals surface area contributed by atoms with Crippen molar-refractivity contribution in [2.75, 3.05) is 6.61 Å². The molecule has 0 saturated heterocycles. The van der Waals surface area contributed by atoms with E-state index in [2.05, 4.69) is 4.89 Å². The lowest BCUT2D eigenvalue weighted by molar-refractivity contribution is -0.242. The van der Waals surface area contributed by atoms with Crippen LogP contribution in [0.25, 0.3) is 0 Å². The largest absolute Gasteiger partial charge is 0.252 e. The molecule has 0 aromatic carbocycles. The van der Waals surface area contributed by atoms with Crippen molar-refractivity contribution in [1.82, 2.24) is 0 Å². The first-order valence-corrected chi connectivity index (χ1v) is 3.73. The summed E-state index contributed by atoms with van der Waals surface area (Å²) in [5.41, 5.74) is 0. The quantitative estimate of drug-likeness (QED) is 0.354. The molecule has 0 saturated carbocycles. The summed E-state index contributed by atoms with van der Waals surface area (Å²) in [7, 11) is 0. The van der Waals surface area contributed by atoms with Gasteiger partial charge in [0.15, 0.2) is 0 Å². The second kappa shape index (κ2) is 6.99. The number of hydrogen-bond acceptors (Lipinski definition) is 2. The Hall–Kier alpha value is -0.120. The van der Waals surface area contributed by atoms with Gasteiger partial charge < -0.3 is 0 Å². The van der Waals surface area contributed by atoms with E-state index in [1.807, 2.05) is 6.92 Å². The standard InChI is InChI=1S/C7H15O3/c1-2-7(8)5-3-4-6-10-9/h7,9H,2-6H2,1H3. The van der Waals surface area contributed by atoms with Crippen molar-refractivity contribution < 1.29 is 15.3 Å². The Kier molecular flexibility index (Phi) is 6.91. The third kappa shape index (κ3) is 6.01. The average molecular weight is 147 g/mol. The van der Waals surface area contributed by atoms with Crippen LogP contribution in [0.15, 0.2) is 0 Å². The Labute approximate surface area is 61.6 Å². The first-order chi connectivity index (χ1) is 4.81. The van der Waals surface area contributed by atoms with Crippen LogP contribution < -0.4 is 0 Å². The summed E-state index contributed by atoms with van der Waals surface area (Å²) in [6.07, 6.45) is 2.58. The lowest BCUT2D eigenvalue weighted by Gasteiger charge is -2.02. The van der Waals surface area contributed by atoms with Crippen molar-refractivity contribution in [3.63, 3.8) is 0 Å². The van der Waals surface area contributed by atoms with E-state index < -0.39 is 6.10 Å². The predicted octanol–water partition coefficient (Wildman–Crippen LogP) is 1.86. The topological polar surface area (TPSA) is 49.4 Å². The maximum absolute atomic E-state index is 10.8. The monoisotopic (exact) mass is 147 g/mol. The zero-order chi connectivity index (χ0) is 7.82. The van der Waals surface area contributed by atoms with E-state index >= 15 is 0 Å². The van der Waals surface area contributed by atoms with Crippen LogP contribution in [0.3, 0.4) is 0 Å². The van der Waals surface area contributed by atoms with Gasteiger partial charge in [0.25, 0.3) is 0 Å². The third-order valence-electron chi connectivity index (χ3n) is 1.47. The molecule has 61 valence electrons. The van der Waals surface area contributed by atoms with Crippen LogP contribution in [0, 0.1) is 0 Å². The van der Waals surface area contributed by atoms with Gasteiger partial charge in [-0.15, -0.1) is 0 Å². The third-order valence-corrected chi connectivity index (χ3v) is 1.47. The summed E-state index contributed by atoms with van der Waals surface area (Å²) in [6.45, 7) is 2.23. The number of rotatable bonds is 6. The van der Waals surface area contributed by atoms with E-state index in [-0.39, 0.29) is 0 Å². The molecule has 0 bridgehead atoms. The molecule has 0 aromatic rings. The number of hydrogen-bond donors (Lipinski definition) is 1. The van der Waals surface area contributed by atoms with Gasteiger partial charge >= 0.3 is 0 Å². The first-order valence-electron chi connectivity index (χ1n) is 3.73. The minimum absolute atomic E-state index is 0.344. The highest BCUT2D eigenvalue weighted by atomic mass is 17.1. The summed E-state index contributed by atoms with van der Waals surface area (Å²) in [5.74, 6) is 0. The molecule has 1 N–H and O–H groups in total. The van der Waals surface area contributed by atoms with Crippen molar-refractivity contribution in [1.29, 1.82) is 0 Å². The van der Waals surface area contributed by atoms with Gasteiger partial charge in [-0.05, 0) is 25.7 Å². The summed E-state index contributed by atoms with van der Waals surface area (Å²) >= 11 is 0. The lowest BCUT2D eigenvalue weighted by Crippen LogP contribution is -2.02. The molecule has 0 aliphatic heterocycles. The van der Waals surface area contributed by atoms with Gasteiger partial charge in [-0.2, -0.15) is 0 Å². The van der Waals surface area contributed by atoms with Crippen LogP contribution in [0.5, 0.6) is 0 Å². The molecule has 0 aliphatic rings. The lowest BCUT2D eigenvalue weighted by atomic mass is 10.1. The van der Waals surface area contributed by atoms with Gasteiger partial charge in [0.05, 0.1) is 12.7 Å². The smallest absolute Gasteiger partial charge is 0.0927 e. The Morgan fingerprint density at radius 1 is 1.50 bits per heavy atom. The molecule has 0 spiro atoms. The van der Waals surface area contributed by atoms with Crippen molar-refractivity contribution in [2.45, 2.75) is 38.7 Å². The highest BCUT2D eigenvalue weighted by molar-refractivity contribution is 4.51. The minimum atomic E-state index is -0.432. The van der Waals surface area contributed by atoms with E-state index in [4.69, 9.17) is 5.26 Å². The zero-order valence-corrected chi connectivity index (χ0v) is 6.38. The molecule has 0 aromatic heterocycles. The summed E-state index contributed by atoms with van der Waals surface area (Å²) < 4.78 is 0. The van der Waals surface area contributed by atoms with Gasteiger partial charge in [0.1, 0.15) is 0 Å². The van der Waals surface area contributed by atoms with Crippen molar-refractivity contribution in [2.24, 2.45) is 0 Å². The van der Waals surface area contributed by atoms with E-state index in [0.717, 1.165) is 12.8 Å². The number of unbranched alkanes of at least 4 members (excludes halogenated alkanes) is 1. The molecule has 1 radical (unpaired) electrons. The van der Waals surface area contributed by atoms with Crippen molar-refractivity contribution in [3.8, 4) is 0 Å². The summed E-state index contributed by atoms with van der Waals surface area (Å²) in [6, 6.07) is 0. The molecular weight excluding hydrogens is 132 g/mol. The molecule has 3 nitrogen and oxygen atoms in total. The maximum atomic E-state index is 10.8. The van der Waals surface area contributed by atoms with Crippen LogP contribution in [-0.4, -0.2) is 18.0 Å². The molecule has 0 rings (SSSR count). The van der Waals surface area contributed by atoms with Crippen LogP contribution in [-0.2, 0) is 9.99 Å². The second-order valence-corrected chi connectivity index (χ2v) is 2.36. The maximum Gasteiger partial charge on any atom is 0.0927 e. The fourth-order valence-corrected chi connectivity index (χ4v) is 0.743. The molecule has 1 atom stereocenters.